The highest BCUT2D eigenvalue weighted by Gasteiger charge is 2.13. The number of aromatic nitrogens is 1. The summed E-state index contributed by atoms with van der Waals surface area (Å²) >= 11 is 1.91. The molecular formula is C15H11NS. The molecule has 2 heterocycles. The van der Waals surface area contributed by atoms with Gasteiger partial charge < -0.3 is 4.57 Å². The molecule has 1 aromatic heterocycles. The Morgan fingerprint density at radius 3 is 2.82 bits per heavy atom. The summed E-state index contributed by atoms with van der Waals surface area (Å²) in [6.45, 7) is 0. The smallest absolute Gasteiger partial charge is 0.0670 e. The van der Waals surface area contributed by atoms with E-state index in [1.807, 2.05) is 11.8 Å². The lowest BCUT2D eigenvalue weighted by Crippen LogP contribution is -1.84. The third-order valence-electron chi connectivity index (χ3n) is 3.28. The molecule has 17 heavy (non-hydrogen) atoms. The van der Waals surface area contributed by atoms with Gasteiger partial charge in [0.05, 0.1) is 11.0 Å². The number of hydrogen-bond acceptors (Lipinski definition) is 1. The van der Waals surface area contributed by atoms with E-state index in [0.717, 1.165) is 5.75 Å². The summed E-state index contributed by atoms with van der Waals surface area (Å²) in [5.41, 5.74) is 2.65. The second-order valence-electron chi connectivity index (χ2n) is 4.24. The highest BCUT2D eigenvalue weighted by Crippen LogP contribution is 2.37. The first kappa shape index (κ1) is 9.37. The molecule has 2 aromatic carbocycles. The Morgan fingerprint density at radius 1 is 0.941 bits per heavy atom. The topological polar surface area (TPSA) is 4.93 Å². The molecule has 0 radical (unpaired) electrons. The Hall–Kier alpha value is -1.67. The monoisotopic (exact) mass is 237 g/mol. The lowest BCUT2D eigenvalue weighted by Gasteiger charge is -2.01. The molecule has 0 bridgehead atoms. The minimum atomic E-state index is 1.05. The van der Waals surface area contributed by atoms with Crippen molar-refractivity contribution in [3.05, 3.63) is 48.5 Å². The minimum absolute atomic E-state index is 1.05. The van der Waals surface area contributed by atoms with Crippen molar-refractivity contribution in [2.75, 3.05) is 5.75 Å². The molecule has 0 atom stereocenters. The first-order valence-electron chi connectivity index (χ1n) is 5.76. The molecular weight excluding hydrogens is 226 g/mol. The number of thioether (sulfide) groups is 1. The molecule has 0 amide bonds. The van der Waals surface area contributed by atoms with Crippen LogP contribution in [0.5, 0.6) is 0 Å². The van der Waals surface area contributed by atoms with Crippen molar-refractivity contribution in [2.45, 2.75) is 4.90 Å². The molecule has 1 nitrogen and oxygen atoms in total. The molecule has 1 aliphatic heterocycles. The molecule has 0 saturated heterocycles. The molecule has 0 saturated carbocycles. The zero-order chi connectivity index (χ0) is 11.2. The Labute approximate surface area is 104 Å². The van der Waals surface area contributed by atoms with E-state index >= 15 is 0 Å². The van der Waals surface area contributed by atoms with Gasteiger partial charge in [-0.15, -0.1) is 11.8 Å². The summed E-state index contributed by atoms with van der Waals surface area (Å²) in [5, 5.41) is 2.70. The van der Waals surface area contributed by atoms with Crippen molar-refractivity contribution in [1.29, 1.82) is 0 Å². The van der Waals surface area contributed by atoms with Crippen LogP contribution in [0.25, 0.3) is 28.0 Å². The summed E-state index contributed by atoms with van der Waals surface area (Å²) in [6.07, 6.45) is 4.44. The van der Waals surface area contributed by atoms with Crippen LogP contribution in [0.2, 0.25) is 0 Å². The highest BCUT2D eigenvalue weighted by molar-refractivity contribution is 7.99. The van der Waals surface area contributed by atoms with Crippen LogP contribution in [0.3, 0.4) is 0 Å². The fraction of sp³-hybridized carbons (Fsp3) is 0.0667. The van der Waals surface area contributed by atoms with E-state index in [0.29, 0.717) is 0 Å². The summed E-state index contributed by atoms with van der Waals surface area (Å²) in [6, 6.07) is 15.2. The summed E-state index contributed by atoms with van der Waals surface area (Å²) < 4.78 is 2.32. The van der Waals surface area contributed by atoms with Crippen LogP contribution in [-0.2, 0) is 0 Å². The molecule has 0 unspecified atom stereocenters. The Kier molecular flexibility index (Phi) is 1.88. The van der Waals surface area contributed by atoms with E-state index in [1.165, 1.54) is 26.7 Å². The van der Waals surface area contributed by atoms with E-state index in [1.54, 1.807) is 0 Å². The predicted molar refractivity (Wildman–Crippen MR) is 75.5 cm³/mol. The molecule has 82 valence electrons. The molecule has 0 spiro atoms. The van der Waals surface area contributed by atoms with Gasteiger partial charge in [0.15, 0.2) is 0 Å². The fourth-order valence-corrected chi connectivity index (χ4v) is 3.46. The van der Waals surface area contributed by atoms with Crippen molar-refractivity contribution < 1.29 is 0 Å². The summed E-state index contributed by atoms with van der Waals surface area (Å²) in [4.78, 5) is 1.38. The zero-order valence-electron chi connectivity index (χ0n) is 9.26. The average Bonchev–Trinajstić information content (AvgIpc) is 2.56. The molecule has 1 aliphatic rings. The van der Waals surface area contributed by atoms with Gasteiger partial charge in [-0.1, -0.05) is 36.4 Å². The lowest BCUT2D eigenvalue weighted by atomic mass is 10.1. The Morgan fingerprint density at radius 2 is 1.82 bits per heavy atom. The SMILES string of the molecule is C1=Cn2c3ccccc3c3cccc(c32)SC1. The van der Waals surface area contributed by atoms with Crippen molar-refractivity contribution in [2.24, 2.45) is 0 Å². The lowest BCUT2D eigenvalue weighted by molar-refractivity contribution is 1.26. The van der Waals surface area contributed by atoms with E-state index < -0.39 is 0 Å². The second kappa shape index (κ2) is 3.41. The third-order valence-corrected chi connectivity index (χ3v) is 4.28. The summed E-state index contributed by atoms with van der Waals surface area (Å²) in [7, 11) is 0. The maximum Gasteiger partial charge on any atom is 0.0670 e. The van der Waals surface area contributed by atoms with Crippen LogP contribution in [0.15, 0.2) is 53.4 Å². The maximum absolute atomic E-state index is 2.32. The standard InChI is InChI=1S/C15H11NS/c1-2-7-13-11(5-1)12-6-3-8-14-15(12)16(13)9-4-10-17-14/h1-9H,10H2. The van der Waals surface area contributed by atoms with Gasteiger partial charge in [-0.05, 0) is 12.1 Å². The van der Waals surface area contributed by atoms with Crippen molar-refractivity contribution >= 4 is 39.8 Å². The Balaban J connectivity index is 2.35. The molecule has 2 heteroatoms. The number of benzene rings is 2. The minimum Gasteiger partial charge on any atom is -0.315 e. The van der Waals surface area contributed by atoms with Crippen molar-refractivity contribution in [1.82, 2.24) is 4.57 Å². The molecule has 4 rings (SSSR count). The van der Waals surface area contributed by atoms with Gasteiger partial charge in [0.1, 0.15) is 0 Å². The number of fused-ring (bicyclic) bond motifs is 3. The maximum atomic E-state index is 2.32. The van der Waals surface area contributed by atoms with Gasteiger partial charge in [0.2, 0.25) is 0 Å². The first-order valence-corrected chi connectivity index (χ1v) is 6.75. The molecule has 3 aromatic rings. The van der Waals surface area contributed by atoms with Crippen LogP contribution >= 0.6 is 11.8 Å². The normalized spacial score (nSPS) is 14.4. The number of hydrogen-bond donors (Lipinski definition) is 0. The molecule has 0 fully saturated rings. The number of para-hydroxylation sites is 2. The van der Waals surface area contributed by atoms with Crippen LogP contribution < -0.4 is 0 Å². The van der Waals surface area contributed by atoms with Crippen molar-refractivity contribution in [3.63, 3.8) is 0 Å². The predicted octanol–water partition coefficient (Wildman–Crippen LogP) is 4.37. The zero-order valence-corrected chi connectivity index (χ0v) is 10.1. The van der Waals surface area contributed by atoms with Gasteiger partial charge in [-0.25, -0.2) is 0 Å². The quantitative estimate of drug-likeness (QED) is 0.562. The van der Waals surface area contributed by atoms with Crippen LogP contribution in [-0.4, -0.2) is 10.3 Å². The molecule has 0 aliphatic carbocycles. The fourth-order valence-electron chi connectivity index (χ4n) is 2.58. The largest absolute Gasteiger partial charge is 0.315 e. The van der Waals surface area contributed by atoms with Gasteiger partial charge in [0.25, 0.3) is 0 Å². The number of nitrogens with zero attached hydrogens (tertiary/aromatic N) is 1. The number of rotatable bonds is 0. The van der Waals surface area contributed by atoms with Gasteiger partial charge >= 0.3 is 0 Å². The average molecular weight is 237 g/mol. The third kappa shape index (κ3) is 1.22. The Bertz CT molecular complexity index is 752. The van der Waals surface area contributed by atoms with Gasteiger partial charge in [-0.3, -0.25) is 0 Å². The van der Waals surface area contributed by atoms with Gasteiger partial charge in [0, 0.05) is 27.6 Å². The van der Waals surface area contributed by atoms with Crippen LogP contribution in [0.4, 0.5) is 0 Å². The van der Waals surface area contributed by atoms with Crippen LogP contribution in [0, 0.1) is 0 Å². The van der Waals surface area contributed by atoms with Gasteiger partial charge in [-0.2, -0.15) is 0 Å². The van der Waals surface area contributed by atoms with Crippen LogP contribution in [0.1, 0.15) is 0 Å². The molecule has 0 N–H and O–H groups in total. The van der Waals surface area contributed by atoms with E-state index in [2.05, 4.69) is 59.3 Å². The highest BCUT2D eigenvalue weighted by atomic mass is 32.2. The first-order chi connectivity index (χ1) is 8.45. The second-order valence-corrected chi connectivity index (χ2v) is 5.30. The van der Waals surface area contributed by atoms with E-state index in [-0.39, 0.29) is 0 Å². The van der Waals surface area contributed by atoms with E-state index in [9.17, 15) is 0 Å². The summed E-state index contributed by atoms with van der Waals surface area (Å²) in [5.74, 6) is 1.05. The van der Waals surface area contributed by atoms with Crippen molar-refractivity contribution in [3.8, 4) is 0 Å². The van der Waals surface area contributed by atoms with E-state index in [4.69, 9.17) is 0 Å².